The maximum Gasteiger partial charge on any atom is 0.416 e. The van der Waals surface area contributed by atoms with Crippen molar-refractivity contribution in [3.63, 3.8) is 0 Å². The summed E-state index contributed by atoms with van der Waals surface area (Å²) in [5.41, 5.74) is 0.220. The van der Waals surface area contributed by atoms with Crippen LogP contribution >= 0.6 is 24.0 Å². The summed E-state index contributed by atoms with van der Waals surface area (Å²) in [6.07, 6.45) is -4.25. The van der Waals surface area contributed by atoms with E-state index < -0.39 is 11.7 Å². The Morgan fingerprint density at radius 3 is 2.21 bits per heavy atom. The first-order valence-corrected chi connectivity index (χ1v) is 5.27. The lowest BCUT2D eigenvalue weighted by atomic mass is 10.1. The lowest BCUT2D eigenvalue weighted by Crippen LogP contribution is -2.04. The number of benzene rings is 1. The maximum absolute atomic E-state index is 12.1. The van der Waals surface area contributed by atoms with Gasteiger partial charge in [0.25, 0.3) is 0 Å². The van der Waals surface area contributed by atoms with E-state index in [-0.39, 0.29) is 0 Å². The zero-order valence-corrected chi connectivity index (χ0v) is 8.68. The first-order valence-electron chi connectivity index (χ1n) is 3.75. The van der Waals surface area contributed by atoms with E-state index in [0.29, 0.717) is 5.75 Å². The van der Waals surface area contributed by atoms with E-state index in [9.17, 15) is 13.2 Å². The van der Waals surface area contributed by atoms with Crippen LogP contribution in [-0.4, -0.2) is 4.70 Å². The Morgan fingerprint density at radius 2 is 1.79 bits per heavy atom. The molecule has 0 atom stereocenters. The minimum absolute atomic E-state index is 0.613. The van der Waals surface area contributed by atoms with Crippen LogP contribution in [0.1, 0.15) is 11.1 Å². The van der Waals surface area contributed by atoms with Crippen molar-refractivity contribution in [3.05, 3.63) is 35.4 Å². The Bertz CT molecular complexity index is 303. The third-order valence-corrected chi connectivity index (χ3v) is 2.64. The Kier molecular flexibility index (Phi) is 3.95. The highest BCUT2D eigenvalue weighted by Crippen LogP contribution is 2.29. The third kappa shape index (κ3) is 3.31. The van der Waals surface area contributed by atoms with E-state index in [4.69, 9.17) is 0 Å². The summed E-state index contributed by atoms with van der Waals surface area (Å²) in [7, 11) is 0. The Morgan fingerprint density at radius 1 is 1.21 bits per heavy atom. The van der Waals surface area contributed by atoms with E-state index in [1.54, 1.807) is 0 Å². The monoisotopic (exact) mass is 236 g/mol. The molecule has 0 amide bonds. The molecule has 1 aromatic carbocycles. The number of thiocarbonyl (C=S) groups is 1. The molecule has 1 aromatic rings. The predicted octanol–water partition coefficient (Wildman–Crippen LogP) is 3.90. The van der Waals surface area contributed by atoms with Crippen LogP contribution in [0, 0.1) is 0 Å². The van der Waals surface area contributed by atoms with Gasteiger partial charge in [0.05, 0.1) is 5.56 Å². The van der Waals surface area contributed by atoms with Gasteiger partial charge in [-0.25, -0.2) is 0 Å². The van der Waals surface area contributed by atoms with Crippen LogP contribution in [0.15, 0.2) is 24.3 Å². The van der Waals surface area contributed by atoms with E-state index in [1.165, 1.54) is 28.6 Å². The quantitative estimate of drug-likeness (QED) is 0.730. The number of thioether (sulfide) groups is 1. The van der Waals surface area contributed by atoms with Gasteiger partial charge in [0.2, 0.25) is 0 Å². The highest BCUT2D eigenvalue weighted by atomic mass is 32.2. The molecule has 5 heteroatoms. The molecule has 0 bridgehead atoms. The fraction of sp³-hybridized carbons (Fsp3) is 0.222. The Hall–Kier alpha value is -0.550. The van der Waals surface area contributed by atoms with Gasteiger partial charge < -0.3 is 0 Å². The Balaban J connectivity index is 2.73. The molecule has 0 aliphatic carbocycles. The molecular weight excluding hydrogens is 229 g/mol. The van der Waals surface area contributed by atoms with Gasteiger partial charge in [0.15, 0.2) is 0 Å². The van der Waals surface area contributed by atoms with Crippen molar-refractivity contribution >= 4 is 28.7 Å². The molecule has 1 rings (SSSR count). The van der Waals surface area contributed by atoms with Crippen LogP contribution in [0.5, 0.6) is 0 Å². The number of rotatable bonds is 3. The largest absolute Gasteiger partial charge is 0.416 e. The topological polar surface area (TPSA) is 0 Å². The van der Waals surface area contributed by atoms with Gasteiger partial charge in [0.1, 0.15) is 0 Å². The third-order valence-electron chi connectivity index (χ3n) is 1.60. The summed E-state index contributed by atoms with van der Waals surface area (Å²) >= 11 is 5.98. The highest BCUT2D eigenvalue weighted by Gasteiger charge is 2.29. The SMILES string of the molecule is FC(F)(F)c1ccc(CSC=S)cc1. The van der Waals surface area contributed by atoms with Gasteiger partial charge in [-0.2, -0.15) is 13.2 Å². The van der Waals surface area contributed by atoms with Crippen LogP contribution in [0.4, 0.5) is 13.2 Å². The number of hydrogen-bond acceptors (Lipinski definition) is 2. The van der Waals surface area contributed by atoms with Gasteiger partial charge in [-0.3, -0.25) is 0 Å². The van der Waals surface area contributed by atoms with Gasteiger partial charge in [0, 0.05) is 10.5 Å². The molecule has 0 unspecified atom stereocenters. The minimum atomic E-state index is -4.25. The van der Waals surface area contributed by atoms with Crippen molar-refractivity contribution in [2.45, 2.75) is 11.9 Å². The zero-order chi connectivity index (χ0) is 10.6. The van der Waals surface area contributed by atoms with Gasteiger partial charge in [-0.15, -0.1) is 11.8 Å². The molecule has 0 aromatic heterocycles. The second-order valence-electron chi connectivity index (χ2n) is 2.60. The second-order valence-corrected chi connectivity index (χ2v) is 3.99. The molecule has 0 N–H and O–H groups in total. The average molecular weight is 236 g/mol. The summed E-state index contributed by atoms with van der Waals surface area (Å²) in [5, 5.41) is 0. The van der Waals surface area contributed by atoms with Crippen molar-refractivity contribution < 1.29 is 13.2 Å². The first-order chi connectivity index (χ1) is 6.54. The minimum Gasteiger partial charge on any atom is -0.166 e. The van der Waals surface area contributed by atoms with Crippen LogP contribution in [-0.2, 0) is 11.9 Å². The normalized spacial score (nSPS) is 11.4. The van der Waals surface area contributed by atoms with Crippen LogP contribution in [0.2, 0.25) is 0 Å². The maximum atomic E-state index is 12.1. The zero-order valence-electron chi connectivity index (χ0n) is 7.04. The van der Waals surface area contributed by atoms with E-state index in [2.05, 4.69) is 12.2 Å². The summed E-state index contributed by atoms with van der Waals surface area (Å²) in [6, 6.07) is 5.10. The molecule has 0 saturated carbocycles. The molecule has 0 nitrogen and oxygen atoms in total. The average Bonchev–Trinajstić information content (AvgIpc) is 2.14. The number of hydrogen-bond donors (Lipinski definition) is 0. The predicted molar refractivity (Wildman–Crippen MR) is 56.4 cm³/mol. The van der Waals surface area contributed by atoms with Crippen molar-refractivity contribution in [3.8, 4) is 0 Å². The van der Waals surface area contributed by atoms with Crippen molar-refractivity contribution in [1.29, 1.82) is 0 Å². The van der Waals surface area contributed by atoms with E-state index in [1.807, 2.05) is 0 Å². The van der Waals surface area contributed by atoms with Crippen LogP contribution < -0.4 is 0 Å². The van der Waals surface area contributed by atoms with Crippen molar-refractivity contribution in [2.24, 2.45) is 0 Å². The highest BCUT2D eigenvalue weighted by molar-refractivity contribution is 8.20. The molecule has 0 heterocycles. The van der Waals surface area contributed by atoms with Gasteiger partial charge >= 0.3 is 6.18 Å². The second kappa shape index (κ2) is 4.79. The number of alkyl halides is 3. The van der Waals surface area contributed by atoms with E-state index >= 15 is 0 Å². The van der Waals surface area contributed by atoms with Gasteiger partial charge in [-0.1, -0.05) is 24.4 Å². The summed E-state index contributed by atoms with van der Waals surface area (Å²) in [4.78, 5) is 0. The summed E-state index contributed by atoms with van der Waals surface area (Å²) in [5.74, 6) is 0.613. The standard InChI is InChI=1S/C9H7F3S2/c10-9(11,12)8-3-1-7(2-4-8)5-14-6-13/h1-4,6H,5H2. The van der Waals surface area contributed by atoms with Gasteiger partial charge in [-0.05, 0) is 17.7 Å². The smallest absolute Gasteiger partial charge is 0.166 e. The summed E-state index contributed by atoms with van der Waals surface area (Å²) < 4.78 is 37.9. The lowest BCUT2D eigenvalue weighted by molar-refractivity contribution is -0.137. The molecule has 0 fully saturated rings. The first kappa shape index (κ1) is 11.5. The number of halogens is 3. The molecule has 0 radical (unpaired) electrons. The van der Waals surface area contributed by atoms with Crippen molar-refractivity contribution in [1.82, 2.24) is 0 Å². The molecule has 76 valence electrons. The molecule has 14 heavy (non-hydrogen) atoms. The van der Waals surface area contributed by atoms with Crippen molar-refractivity contribution in [2.75, 3.05) is 0 Å². The molecule has 0 saturated heterocycles. The molecular formula is C9H7F3S2. The fourth-order valence-corrected chi connectivity index (χ4v) is 1.58. The molecule has 0 spiro atoms. The Labute approximate surface area is 89.5 Å². The fourth-order valence-electron chi connectivity index (χ4n) is 0.920. The van der Waals surface area contributed by atoms with Crippen LogP contribution in [0.25, 0.3) is 0 Å². The molecule has 0 aliphatic rings. The van der Waals surface area contributed by atoms with Crippen LogP contribution in [0.3, 0.4) is 0 Å². The lowest BCUT2D eigenvalue weighted by Gasteiger charge is -2.06. The van der Waals surface area contributed by atoms with E-state index in [0.717, 1.165) is 17.7 Å². The summed E-state index contributed by atoms with van der Waals surface area (Å²) in [6.45, 7) is 0. The molecule has 0 aliphatic heterocycles.